The van der Waals surface area contributed by atoms with Gasteiger partial charge in [-0.2, -0.15) is 5.26 Å². The molecule has 1 aromatic carbocycles. The van der Waals surface area contributed by atoms with Gasteiger partial charge in [0.1, 0.15) is 6.07 Å². The quantitative estimate of drug-likeness (QED) is 0.807. The van der Waals surface area contributed by atoms with E-state index >= 15 is 0 Å². The van der Waals surface area contributed by atoms with Gasteiger partial charge in [-0.1, -0.05) is 42.5 Å². The van der Waals surface area contributed by atoms with Gasteiger partial charge >= 0.3 is 0 Å². The molecule has 86 valence electrons. The van der Waals surface area contributed by atoms with Crippen molar-refractivity contribution in [3.63, 3.8) is 0 Å². The van der Waals surface area contributed by atoms with Crippen molar-refractivity contribution in [2.24, 2.45) is 0 Å². The molecule has 0 saturated carbocycles. The van der Waals surface area contributed by atoms with E-state index in [0.29, 0.717) is 5.69 Å². The average molecular weight is 226 g/mol. The highest BCUT2D eigenvalue weighted by molar-refractivity contribution is 5.27. The third kappa shape index (κ3) is 2.04. The molecular formula is C13H14N4. The van der Waals surface area contributed by atoms with Crippen molar-refractivity contribution in [3.8, 4) is 6.07 Å². The fourth-order valence-electron chi connectivity index (χ4n) is 1.91. The minimum Gasteiger partial charge on any atom is -0.241 e. The van der Waals surface area contributed by atoms with Crippen LogP contribution in [0.4, 0.5) is 0 Å². The first kappa shape index (κ1) is 11.3. The Morgan fingerprint density at radius 3 is 2.65 bits per heavy atom. The van der Waals surface area contributed by atoms with Gasteiger partial charge in [0.2, 0.25) is 0 Å². The van der Waals surface area contributed by atoms with E-state index in [1.165, 1.54) is 0 Å². The Hall–Kier alpha value is -2.15. The molecule has 0 spiro atoms. The van der Waals surface area contributed by atoms with E-state index in [1.54, 1.807) is 0 Å². The molecule has 0 fully saturated rings. The topological polar surface area (TPSA) is 54.5 Å². The number of hydrogen-bond donors (Lipinski definition) is 0. The first-order valence-corrected chi connectivity index (χ1v) is 5.67. The van der Waals surface area contributed by atoms with Gasteiger partial charge in [-0.25, -0.2) is 4.68 Å². The summed E-state index contributed by atoms with van der Waals surface area (Å²) in [6.07, 6.45) is 0.757. The zero-order valence-corrected chi connectivity index (χ0v) is 9.96. The summed E-state index contributed by atoms with van der Waals surface area (Å²) >= 11 is 0. The molecule has 0 aliphatic rings. The van der Waals surface area contributed by atoms with Crippen molar-refractivity contribution in [2.45, 2.75) is 26.3 Å². The van der Waals surface area contributed by atoms with Gasteiger partial charge in [0.05, 0.1) is 11.7 Å². The van der Waals surface area contributed by atoms with Crippen LogP contribution in [0.5, 0.6) is 0 Å². The Morgan fingerprint density at radius 1 is 1.35 bits per heavy atom. The standard InChI is InChI=1S/C13H14N4/c1-3-13-12(9-14)15-16-17(13)10(2)11-7-5-4-6-8-11/h4-8,10H,3H2,1-2H3. The number of benzene rings is 1. The minimum absolute atomic E-state index is 0.0979. The molecule has 2 aromatic rings. The molecule has 4 nitrogen and oxygen atoms in total. The normalized spacial score (nSPS) is 12.1. The Labute approximate surface area is 101 Å². The fourth-order valence-corrected chi connectivity index (χ4v) is 1.91. The predicted octanol–water partition coefficient (Wildman–Crippen LogP) is 2.32. The maximum absolute atomic E-state index is 8.95. The summed E-state index contributed by atoms with van der Waals surface area (Å²) in [7, 11) is 0. The first-order chi connectivity index (χ1) is 8.27. The molecule has 4 heteroatoms. The van der Waals surface area contributed by atoms with Crippen LogP contribution in [-0.2, 0) is 6.42 Å². The SMILES string of the molecule is CCc1c(C#N)nnn1C(C)c1ccccc1. The van der Waals surface area contributed by atoms with Crippen molar-refractivity contribution >= 4 is 0 Å². The molecule has 0 N–H and O–H groups in total. The van der Waals surface area contributed by atoms with Crippen LogP contribution in [0.1, 0.15) is 36.8 Å². The second kappa shape index (κ2) is 4.79. The van der Waals surface area contributed by atoms with Crippen LogP contribution in [0, 0.1) is 11.3 Å². The molecular weight excluding hydrogens is 212 g/mol. The largest absolute Gasteiger partial charge is 0.241 e. The molecule has 0 bridgehead atoms. The average Bonchev–Trinajstić information content (AvgIpc) is 2.81. The summed E-state index contributed by atoms with van der Waals surface area (Å²) in [6, 6.07) is 12.3. The molecule has 0 saturated heterocycles. The van der Waals surface area contributed by atoms with Gasteiger partial charge in [0.25, 0.3) is 0 Å². The highest BCUT2D eigenvalue weighted by atomic mass is 15.4. The molecule has 1 atom stereocenters. The van der Waals surface area contributed by atoms with Crippen molar-refractivity contribution in [1.82, 2.24) is 15.0 Å². The third-order valence-corrected chi connectivity index (χ3v) is 2.88. The molecule has 1 aromatic heterocycles. The van der Waals surface area contributed by atoms with Crippen LogP contribution in [0.25, 0.3) is 0 Å². The monoisotopic (exact) mass is 226 g/mol. The molecule has 17 heavy (non-hydrogen) atoms. The van der Waals surface area contributed by atoms with Crippen molar-refractivity contribution < 1.29 is 0 Å². The molecule has 1 heterocycles. The second-order valence-electron chi connectivity index (χ2n) is 3.88. The number of nitrogens with zero attached hydrogens (tertiary/aromatic N) is 4. The van der Waals surface area contributed by atoms with Crippen LogP contribution in [0.3, 0.4) is 0 Å². The van der Waals surface area contributed by atoms with Gasteiger partial charge in [0.15, 0.2) is 5.69 Å². The second-order valence-corrected chi connectivity index (χ2v) is 3.88. The lowest BCUT2D eigenvalue weighted by Gasteiger charge is -2.14. The Morgan fingerprint density at radius 2 is 2.06 bits per heavy atom. The Balaban J connectivity index is 2.42. The summed E-state index contributed by atoms with van der Waals surface area (Å²) in [5.74, 6) is 0. The molecule has 0 aliphatic heterocycles. The highest BCUT2D eigenvalue weighted by Crippen LogP contribution is 2.19. The van der Waals surface area contributed by atoms with E-state index in [4.69, 9.17) is 5.26 Å². The zero-order chi connectivity index (χ0) is 12.3. The first-order valence-electron chi connectivity index (χ1n) is 5.67. The maximum Gasteiger partial charge on any atom is 0.185 e. The number of aromatic nitrogens is 3. The summed E-state index contributed by atoms with van der Waals surface area (Å²) in [5, 5.41) is 16.9. The van der Waals surface area contributed by atoms with Gasteiger partial charge in [-0.15, -0.1) is 5.10 Å². The maximum atomic E-state index is 8.95. The van der Waals surface area contributed by atoms with Crippen LogP contribution < -0.4 is 0 Å². The molecule has 2 rings (SSSR count). The van der Waals surface area contributed by atoms with E-state index < -0.39 is 0 Å². The third-order valence-electron chi connectivity index (χ3n) is 2.88. The van der Waals surface area contributed by atoms with E-state index in [9.17, 15) is 0 Å². The van der Waals surface area contributed by atoms with Crippen LogP contribution in [0.2, 0.25) is 0 Å². The van der Waals surface area contributed by atoms with Crippen LogP contribution in [0.15, 0.2) is 30.3 Å². The van der Waals surface area contributed by atoms with E-state index in [1.807, 2.05) is 29.8 Å². The zero-order valence-electron chi connectivity index (χ0n) is 9.96. The smallest absolute Gasteiger partial charge is 0.185 e. The van der Waals surface area contributed by atoms with Crippen LogP contribution >= 0.6 is 0 Å². The number of hydrogen-bond acceptors (Lipinski definition) is 3. The van der Waals surface area contributed by atoms with Crippen molar-refractivity contribution in [1.29, 1.82) is 5.26 Å². The minimum atomic E-state index is 0.0979. The summed E-state index contributed by atoms with van der Waals surface area (Å²) in [6.45, 7) is 4.07. The molecule has 0 amide bonds. The molecule has 0 radical (unpaired) electrons. The highest BCUT2D eigenvalue weighted by Gasteiger charge is 2.16. The van der Waals surface area contributed by atoms with Gasteiger partial charge in [0, 0.05) is 0 Å². The lowest BCUT2D eigenvalue weighted by atomic mass is 10.1. The van der Waals surface area contributed by atoms with E-state index in [-0.39, 0.29) is 6.04 Å². The number of nitriles is 1. The van der Waals surface area contributed by atoms with Crippen molar-refractivity contribution in [2.75, 3.05) is 0 Å². The molecule has 0 aliphatic carbocycles. The lowest BCUT2D eigenvalue weighted by molar-refractivity contribution is 0.523. The lowest BCUT2D eigenvalue weighted by Crippen LogP contribution is -2.12. The van der Waals surface area contributed by atoms with Crippen LogP contribution in [-0.4, -0.2) is 15.0 Å². The fraction of sp³-hybridized carbons (Fsp3) is 0.308. The summed E-state index contributed by atoms with van der Waals surface area (Å²) < 4.78 is 1.83. The number of rotatable bonds is 3. The Kier molecular flexibility index (Phi) is 3.20. The summed E-state index contributed by atoms with van der Waals surface area (Å²) in [4.78, 5) is 0. The van der Waals surface area contributed by atoms with E-state index in [0.717, 1.165) is 17.7 Å². The van der Waals surface area contributed by atoms with Crippen molar-refractivity contribution in [3.05, 3.63) is 47.3 Å². The van der Waals surface area contributed by atoms with Gasteiger partial charge < -0.3 is 0 Å². The predicted molar refractivity (Wildman–Crippen MR) is 64.4 cm³/mol. The molecule has 1 unspecified atom stereocenters. The Bertz CT molecular complexity index is 536. The summed E-state index contributed by atoms with van der Waals surface area (Å²) in [5.41, 5.74) is 2.48. The van der Waals surface area contributed by atoms with E-state index in [2.05, 4.69) is 35.4 Å². The van der Waals surface area contributed by atoms with Gasteiger partial charge in [-0.3, -0.25) is 0 Å². The van der Waals surface area contributed by atoms with Gasteiger partial charge in [-0.05, 0) is 18.9 Å².